The lowest BCUT2D eigenvalue weighted by Crippen LogP contribution is -2.41. The molecule has 0 aliphatic carbocycles. The zero-order valence-corrected chi connectivity index (χ0v) is 14.5. The Morgan fingerprint density at radius 3 is 2.27 bits per heavy atom. The predicted molar refractivity (Wildman–Crippen MR) is 90.3 cm³/mol. The standard InChI is InChI=1S/C14H23N3O3S.ClH/c1-3-17(4-2)21(19,20)11-14(18)16-10-13(15)12-8-6-5-7-9-12;/h5-9,13H,3-4,10-11,15H2,1-2H3,(H,16,18);1H. The number of rotatable bonds is 8. The van der Waals surface area contributed by atoms with Crippen LogP contribution in [0.1, 0.15) is 25.5 Å². The molecule has 0 aliphatic heterocycles. The van der Waals surface area contributed by atoms with E-state index in [1.165, 1.54) is 4.31 Å². The largest absolute Gasteiger partial charge is 0.353 e. The Labute approximate surface area is 138 Å². The zero-order valence-electron chi connectivity index (χ0n) is 12.9. The fourth-order valence-electron chi connectivity index (χ4n) is 1.97. The quantitative estimate of drug-likeness (QED) is 0.729. The van der Waals surface area contributed by atoms with E-state index in [0.717, 1.165) is 5.56 Å². The molecule has 0 saturated carbocycles. The van der Waals surface area contributed by atoms with E-state index in [0.29, 0.717) is 13.1 Å². The molecule has 0 spiro atoms. The topological polar surface area (TPSA) is 92.5 Å². The van der Waals surface area contributed by atoms with Gasteiger partial charge in [0.1, 0.15) is 5.75 Å². The molecule has 1 atom stereocenters. The van der Waals surface area contributed by atoms with Crippen LogP contribution in [0.25, 0.3) is 0 Å². The van der Waals surface area contributed by atoms with E-state index in [1.54, 1.807) is 13.8 Å². The number of carbonyl (C=O) groups is 1. The van der Waals surface area contributed by atoms with Gasteiger partial charge in [0, 0.05) is 25.7 Å². The van der Waals surface area contributed by atoms with Gasteiger partial charge in [-0.15, -0.1) is 12.4 Å². The molecule has 0 aliphatic rings. The molecule has 22 heavy (non-hydrogen) atoms. The Balaban J connectivity index is 0.00000441. The number of benzene rings is 1. The molecule has 1 aromatic carbocycles. The van der Waals surface area contributed by atoms with Gasteiger partial charge in [0.05, 0.1) is 0 Å². The van der Waals surface area contributed by atoms with Crippen LogP contribution in [0.3, 0.4) is 0 Å². The maximum atomic E-state index is 12.0. The van der Waals surface area contributed by atoms with Crippen molar-refractivity contribution in [2.24, 2.45) is 5.73 Å². The summed E-state index contributed by atoms with van der Waals surface area (Å²) in [6, 6.07) is 8.98. The summed E-state index contributed by atoms with van der Waals surface area (Å²) in [5.41, 5.74) is 6.84. The Hall–Kier alpha value is -1.15. The second-order valence-electron chi connectivity index (χ2n) is 4.66. The summed E-state index contributed by atoms with van der Waals surface area (Å²) in [5, 5.41) is 2.57. The van der Waals surface area contributed by atoms with Crippen LogP contribution in [0.2, 0.25) is 0 Å². The highest BCUT2D eigenvalue weighted by Crippen LogP contribution is 2.08. The van der Waals surface area contributed by atoms with Gasteiger partial charge in [0.25, 0.3) is 0 Å². The SMILES string of the molecule is CCN(CC)S(=O)(=O)CC(=O)NCC(N)c1ccccc1.Cl. The fraction of sp³-hybridized carbons (Fsp3) is 0.500. The molecule has 0 heterocycles. The molecular formula is C14H24ClN3O3S. The lowest BCUT2D eigenvalue weighted by molar-refractivity contribution is -0.118. The summed E-state index contributed by atoms with van der Waals surface area (Å²) in [6.45, 7) is 4.40. The summed E-state index contributed by atoms with van der Waals surface area (Å²) < 4.78 is 25.2. The third-order valence-corrected chi connectivity index (χ3v) is 5.09. The van der Waals surface area contributed by atoms with Gasteiger partial charge in [0.2, 0.25) is 15.9 Å². The third-order valence-electron chi connectivity index (χ3n) is 3.16. The summed E-state index contributed by atoms with van der Waals surface area (Å²) in [6.07, 6.45) is 0. The van der Waals surface area contributed by atoms with Gasteiger partial charge in [-0.25, -0.2) is 12.7 Å². The number of hydrogen-bond acceptors (Lipinski definition) is 4. The van der Waals surface area contributed by atoms with E-state index in [1.807, 2.05) is 30.3 Å². The average Bonchev–Trinajstić information content (AvgIpc) is 2.46. The number of carbonyl (C=O) groups excluding carboxylic acids is 1. The lowest BCUT2D eigenvalue weighted by atomic mass is 10.1. The summed E-state index contributed by atoms with van der Waals surface area (Å²) in [5.74, 6) is -1.08. The van der Waals surface area contributed by atoms with E-state index in [-0.39, 0.29) is 25.0 Å². The van der Waals surface area contributed by atoms with E-state index >= 15 is 0 Å². The molecule has 1 unspecified atom stereocenters. The van der Waals surface area contributed by atoms with E-state index in [4.69, 9.17) is 5.73 Å². The molecule has 1 amide bonds. The van der Waals surface area contributed by atoms with E-state index < -0.39 is 21.7 Å². The van der Waals surface area contributed by atoms with Crippen molar-refractivity contribution < 1.29 is 13.2 Å². The van der Waals surface area contributed by atoms with Gasteiger partial charge >= 0.3 is 0 Å². The Bertz CT molecular complexity index is 548. The number of halogens is 1. The van der Waals surface area contributed by atoms with Crippen LogP contribution in [0.5, 0.6) is 0 Å². The number of nitrogens with two attached hydrogens (primary N) is 1. The smallest absolute Gasteiger partial charge is 0.236 e. The van der Waals surface area contributed by atoms with Crippen LogP contribution < -0.4 is 11.1 Å². The van der Waals surface area contributed by atoms with Crippen molar-refractivity contribution in [3.05, 3.63) is 35.9 Å². The molecule has 0 aromatic heterocycles. The second kappa shape index (κ2) is 9.78. The first-order valence-corrected chi connectivity index (χ1v) is 8.56. The number of nitrogens with zero attached hydrogens (tertiary/aromatic N) is 1. The van der Waals surface area contributed by atoms with Crippen molar-refractivity contribution in [1.82, 2.24) is 9.62 Å². The minimum Gasteiger partial charge on any atom is -0.353 e. The van der Waals surface area contributed by atoms with Crippen molar-refractivity contribution >= 4 is 28.3 Å². The monoisotopic (exact) mass is 349 g/mol. The Morgan fingerprint density at radius 2 is 1.77 bits per heavy atom. The van der Waals surface area contributed by atoms with Crippen molar-refractivity contribution in [1.29, 1.82) is 0 Å². The normalized spacial score (nSPS) is 12.5. The molecule has 1 aromatic rings. The van der Waals surface area contributed by atoms with Gasteiger partial charge in [-0.05, 0) is 5.56 Å². The van der Waals surface area contributed by atoms with Crippen LogP contribution in [0.15, 0.2) is 30.3 Å². The minimum absolute atomic E-state index is 0. The Morgan fingerprint density at radius 1 is 1.23 bits per heavy atom. The number of amides is 1. The van der Waals surface area contributed by atoms with Crippen molar-refractivity contribution in [2.45, 2.75) is 19.9 Å². The molecule has 0 fully saturated rings. The molecule has 6 nitrogen and oxygen atoms in total. The van der Waals surface area contributed by atoms with Crippen LogP contribution >= 0.6 is 12.4 Å². The van der Waals surface area contributed by atoms with Gasteiger partial charge in [-0.3, -0.25) is 4.79 Å². The molecule has 126 valence electrons. The Kier molecular flexibility index (Phi) is 9.27. The minimum atomic E-state index is -3.55. The molecule has 3 N–H and O–H groups in total. The van der Waals surface area contributed by atoms with Crippen LogP contribution in [0.4, 0.5) is 0 Å². The van der Waals surface area contributed by atoms with Crippen molar-refractivity contribution in [2.75, 3.05) is 25.4 Å². The molecule has 8 heteroatoms. The maximum absolute atomic E-state index is 12.0. The highest BCUT2D eigenvalue weighted by Gasteiger charge is 2.22. The third kappa shape index (κ3) is 6.31. The molecule has 0 bridgehead atoms. The van der Waals surface area contributed by atoms with Crippen molar-refractivity contribution in [3.8, 4) is 0 Å². The number of sulfonamides is 1. The molecule has 0 radical (unpaired) electrons. The van der Waals surface area contributed by atoms with E-state index in [2.05, 4.69) is 5.32 Å². The van der Waals surface area contributed by atoms with Crippen LogP contribution in [0, 0.1) is 0 Å². The summed E-state index contributed by atoms with van der Waals surface area (Å²) in [7, 11) is -3.55. The second-order valence-corrected chi connectivity index (χ2v) is 6.63. The van der Waals surface area contributed by atoms with Gasteiger partial charge in [0.15, 0.2) is 0 Å². The fourth-order valence-corrected chi connectivity index (χ4v) is 3.37. The van der Waals surface area contributed by atoms with Gasteiger partial charge < -0.3 is 11.1 Å². The highest BCUT2D eigenvalue weighted by atomic mass is 35.5. The number of nitrogens with one attached hydrogen (secondary N) is 1. The first-order valence-electron chi connectivity index (χ1n) is 6.95. The van der Waals surface area contributed by atoms with Crippen LogP contribution in [-0.4, -0.2) is 44.0 Å². The van der Waals surface area contributed by atoms with Gasteiger partial charge in [-0.2, -0.15) is 0 Å². The molecular weight excluding hydrogens is 326 g/mol. The van der Waals surface area contributed by atoms with Crippen molar-refractivity contribution in [3.63, 3.8) is 0 Å². The highest BCUT2D eigenvalue weighted by molar-refractivity contribution is 7.89. The predicted octanol–water partition coefficient (Wildman–Crippen LogP) is 0.896. The average molecular weight is 350 g/mol. The molecule has 0 saturated heterocycles. The molecule has 1 rings (SSSR count). The lowest BCUT2D eigenvalue weighted by Gasteiger charge is -2.18. The first-order chi connectivity index (χ1) is 9.90. The summed E-state index contributed by atoms with van der Waals surface area (Å²) in [4.78, 5) is 11.8. The van der Waals surface area contributed by atoms with E-state index in [9.17, 15) is 13.2 Å². The van der Waals surface area contributed by atoms with Gasteiger partial charge in [-0.1, -0.05) is 44.2 Å². The first kappa shape index (κ1) is 20.9. The number of hydrogen-bond donors (Lipinski definition) is 2. The zero-order chi connectivity index (χ0) is 15.9. The van der Waals surface area contributed by atoms with Crippen LogP contribution in [-0.2, 0) is 14.8 Å². The maximum Gasteiger partial charge on any atom is 0.236 e. The summed E-state index contributed by atoms with van der Waals surface area (Å²) >= 11 is 0.